The molecule has 1 aliphatic rings. The maximum Gasteiger partial charge on any atom is 0.243 e. The van der Waals surface area contributed by atoms with Gasteiger partial charge in [-0.2, -0.15) is 4.31 Å². The fourth-order valence-electron chi connectivity index (χ4n) is 4.23. The molecule has 0 unspecified atom stereocenters. The van der Waals surface area contributed by atoms with Crippen LogP contribution in [0.1, 0.15) is 48.1 Å². The van der Waals surface area contributed by atoms with Gasteiger partial charge in [-0.1, -0.05) is 48.0 Å². The van der Waals surface area contributed by atoms with Crippen molar-refractivity contribution in [1.82, 2.24) is 9.62 Å². The number of amides is 1. The third kappa shape index (κ3) is 4.70. The average Bonchev–Trinajstić information content (AvgIpc) is 2.67. The molecule has 1 aliphatic heterocycles. The van der Waals surface area contributed by atoms with E-state index in [-0.39, 0.29) is 24.4 Å². The number of carbonyl (C=O) groups is 1. The average molecular weight is 415 g/mol. The van der Waals surface area contributed by atoms with Crippen molar-refractivity contribution in [3.8, 4) is 0 Å². The molecule has 1 heterocycles. The Morgan fingerprint density at radius 1 is 1.10 bits per heavy atom. The lowest BCUT2D eigenvalue weighted by atomic mass is 9.98. The van der Waals surface area contributed by atoms with Gasteiger partial charge in [-0.25, -0.2) is 8.42 Å². The molecule has 1 saturated heterocycles. The van der Waals surface area contributed by atoms with E-state index >= 15 is 0 Å². The van der Waals surface area contributed by atoms with Crippen molar-refractivity contribution in [2.24, 2.45) is 5.92 Å². The van der Waals surface area contributed by atoms with E-state index in [9.17, 15) is 13.2 Å². The highest BCUT2D eigenvalue weighted by molar-refractivity contribution is 7.89. The maximum atomic E-state index is 13.3. The van der Waals surface area contributed by atoms with Crippen molar-refractivity contribution in [2.45, 2.75) is 51.5 Å². The summed E-state index contributed by atoms with van der Waals surface area (Å²) >= 11 is 0. The minimum atomic E-state index is -3.63. The fraction of sp³-hybridized carbons (Fsp3) is 0.435. The first kappa shape index (κ1) is 21.5. The Morgan fingerprint density at radius 3 is 2.34 bits per heavy atom. The van der Waals surface area contributed by atoms with E-state index in [1.54, 1.807) is 0 Å². The summed E-state index contributed by atoms with van der Waals surface area (Å²) in [7, 11) is -3.63. The fourth-order valence-corrected chi connectivity index (χ4v) is 6.17. The molecule has 2 atom stereocenters. The molecule has 0 spiro atoms. The van der Waals surface area contributed by atoms with Crippen LogP contribution in [0.4, 0.5) is 0 Å². The zero-order valence-electron chi connectivity index (χ0n) is 17.6. The topological polar surface area (TPSA) is 66.5 Å². The number of piperidine rings is 1. The first-order valence-electron chi connectivity index (χ1n) is 10.1. The van der Waals surface area contributed by atoms with E-state index < -0.39 is 10.0 Å². The van der Waals surface area contributed by atoms with Crippen LogP contribution in [-0.4, -0.2) is 31.7 Å². The van der Waals surface area contributed by atoms with Crippen LogP contribution >= 0.6 is 0 Å². The lowest BCUT2D eigenvalue weighted by molar-refractivity contribution is -0.126. The van der Waals surface area contributed by atoms with E-state index in [4.69, 9.17) is 0 Å². The summed E-state index contributed by atoms with van der Waals surface area (Å²) in [4.78, 5) is 13.2. The van der Waals surface area contributed by atoms with Crippen molar-refractivity contribution < 1.29 is 13.2 Å². The number of rotatable bonds is 5. The Hall–Kier alpha value is -2.18. The first-order valence-corrected chi connectivity index (χ1v) is 11.6. The van der Waals surface area contributed by atoms with E-state index in [0.717, 1.165) is 22.3 Å². The number of hydrogen-bond acceptors (Lipinski definition) is 3. The molecular formula is C23H30N2O3S. The van der Waals surface area contributed by atoms with Crippen molar-refractivity contribution in [2.75, 3.05) is 13.1 Å². The Balaban J connectivity index is 1.76. The largest absolute Gasteiger partial charge is 0.349 e. The van der Waals surface area contributed by atoms with Crippen LogP contribution in [0, 0.1) is 26.7 Å². The molecule has 0 aromatic heterocycles. The van der Waals surface area contributed by atoms with Gasteiger partial charge in [0, 0.05) is 13.1 Å². The van der Waals surface area contributed by atoms with E-state index in [1.165, 1.54) is 4.31 Å². The summed E-state index contributed by atoms with van der Waals surface area (Å²) in [5, 5.41) is 3.05. The second-order valence-corrected chi connectivity index (χ2v) is 9.95. The molecular weight excluding hydrogens is 384 g/mol. The van der Waals surface area contributed by atoms with Crippen molar-refractivity contribution in [1.29, 1.82) is 0 Å². The van der Waals surface area contributed by atoms with Crippen LogP contribution in [0.5, 0.6) is 0 Å². The summed E-state index contributed by atoms with van der Waals surface area (Å²) < 4.78 is 28.2. The number of carbonyl (C=O) groups excluding carboxylic acids is 1. The highest BCUT2D eigenvalue weighted by Crippen LogP contribution is 2.29. The van der Waals surface area contributed by atoms with Crippen molar-refractivity contribution >= 4 is 15.9 Å². The second-order valence-electron chi connectivity index (χ2n) is 8.07. The molecule has 0 aliphatic carbocycles. The van der Waals surface area contributed by atoms with Gasteiger partial charge in [0.25, 0.3) is 0 Å². The smallest absolute Gasteiger partial charge is 0.243 e. The summed E-state index contributed by atoms with van der Waals surface area (Å²) in [6.45, 7) is 8.26. The summed E-state index contributed by atoms with van der Waals surface area (Å²) in [5.74, 6) is -0.422. The highest BCUT2D eigenvalue weighted by Gasteiger charge is 2.35. The summed E-state index contributed by atoms with van der Waals surface area (Å²) in [6, 6.07) is 13.5. The minimum Gasteiger partial charge on any atom is -0.349 e. The third-order valence-electron chi connectivity index (χ3n) is 5.62. The third-order valence-corrected chi connectivity index (χ3v) is 7.79. The molecule has 3 rings (SSSR count). The number of sulfonamides is 1. The number of benzene rings is 2. The molecule has 6 heteroatoms. The van der Waals surface area contributed by atoms with Gasteiger partial charge >= 0.3 is 0 Å². The van der Waals surface area contributed by atoms with Gasteiger partial charge < -0.3 is 5.32 Å². The van der Waals surface area contributed by atoms with Gasteiger partial charge in [-0.3, -0.25) is 4.79 Å². The molecule has 0 bridgehead atoms. The molecule has 2 aromatic carbocycles. The quantitative estimate of drug-likeness (QED) is 0.807. The predicted molar refractivity (Wildman–Crippen MR) is 115 cm³/mol. The molecule has 0 radical (unpaired) electrons. The van der Waals surface area contributed by atoms with Crippen LogP contribution in [0.3, 0.4) is 0 Å². The van der Waals surface area contributed by atoms with E-state index in [1.807, 2.05) is 70.2 Å². The van der Waals surface area contributed by atoms with Gasteiger partial charge in [0.05, 0.1) is 16.9 Å². The van der Waals surface area contributed by atoms with Crippen molar-refractivity contribution in [3.63, 3.8) is 0 Å². The SMILES string of the molecule is Cc1cc(C)c(S(=O)(=O)N2CCC[C@@H](C(=O)N[C@@H](C)c3ccccc3)C2)c(C)c1. The maximum absolute atomic E-state index is 13.3. The van der Waals surface area contributed by atoms with Crippen LogP contribution in [0.15, 0.2) is 47.4 Å². The van der Waals surface area contributed by atoms with Gasteiger partial charge in [0.1, 0.15) is 0 Å². The normalized spacial score (nSPS) is 19.0. The zero-order valence-corrected chi connectivity index (χ0v) is 18.4. The molecule has 0 saturated carbocycles. The number of aryl methyl sites for hydroxylation is 3. The highest BCUT2D eigenvalue weighted by atomic mass is 32.2. The molecule has 29 heavy (non-hydrogen) atoms. The van der Waals surface area contributed by atoms with Crippen molar-refractivity contribution in [3.05, 3.63) is 64.7 Å². The Kier molecular flexibility index (Phi) is 6.44. The summed E-state index contributed by atoms with van der Waals surface area (Å²) in [5.41, 5.74) is 3.59. The Labute approximate surface area is 174 Å². The van der Waals surface area contributed by atoms with Gasteiger partial charge in [-0.05, 0) is 57.2 Å². The van der Waals surface area contributed by atoms with E-state index in [2.05, 4.69) is 5.32 Å². The van der Waals surface area contributed by atoms with Gasteiger partial charge in [0.15, 0.2) is 0 Å². The minimum absolute atomic E-state index is 0.0846. The predicted octanol–water partition coefficient (Wildman–Crippen LogP) is 3.89. The van der Waals surface area contributed by atoms with Gasteiger partial charge in [-0.15, -0.1) is 0 Å². The number of nitrogens with zero attached hydrogens (tertiary/aromatic N) is 1. The molecule has 1 fully saturated rings. The molecule has 1 N–H and O–H groups in total. The van der Waals surface area contributed by atoms with Crippen LogP contribution in [0.2, 0.25) is 0 Å². The van der Waals surface area contributed by atoms with Crippen LogP contribution in [0.25, 0.3) is 0 Å². The number of hydrogen-bond donors (Lipinski definition) is 1. The molecule has 156 valence electrons. The molecule has 1 amide bonds. The van der Waals surface area contributed by atoms with Crippen LogP contribution in [-0.2, 0) is 14.8 Å². The van der Waals surface area contributed by atoms with Gasteiger partial charge in [0.2, 0.25) is 15.9 Å². The van der Waals surface area contributed by atoms with E-state index in [0.29, 0.717) is 24.3 Å². The molecule has 2 aromatic rings. The standard InChI is InChI=1S/C23H30N2O3S/c1-16-13-17(2)22(18(3)14-16)29(27,28)25-12-8-11-21(15-25)23(26)24-19(4)20-9-6-5-7-10-20/h5-7,9-10,13-14,19,21H,8,11-12,15H2,1-4H3,(H,24,26)/t19-,21+/m0/s1. The monoisotopic (exact) mass is 414 g/mol. The summed E-state index contributed by atoms with van der Waals surface area (Å²) in [6.07, 6.45) is 1.38. The zero-order chi connectivity index (χ0) is 21.2. The Morgan fingerprint density at radius 2 is 1.72 bits per heavy atom. The lowest BCUT2D eigenvalue weighted by Crippen LogP contribution is -2.46. The molecule has 5 nitrogen and oxygen atoms in total. The Bertz CT molecular complexity index is 963. The second kappa shape index (κ2) is 8.67. The first-order chi connectivity index (χ1) is 13.7. The lowest BCUT2D eigenvalue weighted by Gasteiger charge is -2.32. The number of nitrogens with one attached hydrogen (secondary N) is 1. The van der Waals surface area contributed by atoms with Crippen LogP contribution < -0.4 is 5.32 Å².